The monoisotopic (exact) mass is 435 g/mol. The number of nitrogens with zero attached hydrogens (tertiary/aromatic N) is 1. The molecule has 7 heteroatoms. The Morgan fingerprint density at radius 2 is 1.94 bits per heavy atom. The topological polar surface area (TPSA) is 90.9 Å². The molecular weight excluding hydrogens is 394 g/mol. The molecule has 0 aromatic heterocycles. The first-order valence-electron chi connectivity index (χ1n) is 10.9. The second-order valence-electron chi connectivity index (χ2n) is 7.56. The van der Waals surface area contributed by atoms with Gasteiger partial charge in [-0.2, -0.15) is 0 Å². The molecule has 3 N–H and O–H groups in total. The van der Waals surface area contributed by atoms with Crippen molar-refractivity contribution < 1.29 is 19.4 Å². The Morgan fingerprint density at radius 3 is 2.52 bits per heavy atom. The second-order valence-corrected chi connectivity index (χ2v) is 7.56. The van der Waals surface area contributed by atoms with E-state index in [0.717, 1.165) is 37.1 Å². The minimum absolute atomic E-state index is 0.0173. The first kappa shape index (κ1) is 28.6. The molecule has 0 bridgehead atoms. The molecule has 0 radical (unpaired) electrons. The Bertz CT molecular complexity index is 641. The largest absolute Gasteiger partial charge is 0.478 e. The Morgan fingerprint density at radius 1 is 1.23 bits per heavy atom. The summed E-state index contributed by atoms with van der Waals surface area (Å²) >= 11 is 0. The van der Waals surface area contributed by atoms with Gasteiger partial charge in [-0.1, -0.05) is 63.1 Å². The van der Waals surface area contributed by atoms with E-state index in [2.05, 4.69) is 41.7 Å². The average Bonchev–Trinajstić information content (AvgIpc) is 2.74. The maximum absolute atomic E-state index is 12.5. The zero-order valence-corrected chi connectivity index (χ0v) is 19.7. The molecule has 0 heterocycles. The van der Waals surface area contributed by atoms with E-state index in [-0.39, 0.29) is 24.3 Å². The van der Waals surface area contributed by atoms with Crippen LogP contribution < -0.4 is 10.6 Å². The summed E-state index contributed by atoms with van der Waals surface area (Å²) in [5, 5.41) is 14.8. The van der Waals surface area contributed by atoms with Gasteiger partial charge in [-0.3, -0.25) is 9.69 Å². The lowest BCUT2D eigenvalue weighted by molar-refractivity contribution is -0.132. The van der Waals surface area contributed by atoms with Crippen molar-refractivity contribution in [2.75, 3.05) is 33.8 Å². The van der Waals surface area contributed by atoms with Gasteiger partial charge in [0.2, 0.25) is 5.91 Å². The van der Waals surface area contributed by atoms with Crippen LogP contribution in [0.1, 0.15) is 52.4 Å². The van der Waals surface area contributed by atoms with E-state index in [1.165, 1.54) is 12.5 Å². The molecule has 31 heavy (non-hydrogen) atoms. The lowest BCUT2D eigenvalue weighted by Gasteiger charge is -2.29. The summed E-state index contributed by atoms with van der Waals surface area (Å²) in [7, 11) is 3.55. The van der Waals surface area contributed by atoms with Crippen molar-refractivity contribution in [1.29, 1.82) is 0 Å². The van der Waals surface area contributed by atoms with Gasteiger partial charge in [0.15, 0.2) is 0 Å². The van der Waals surface area contributed by atoms with E-state index in [0.29, 0.717) is 19.4 Å². The fourth-order valence-electron chi connectivity index (χ4n) is 2.82. The van der Waals surface area contributed by atoms with Gasteiger partial charge >= 0.3 is 5.97 Å². The van der Waals surface area contributed by atoms with Gasteiger partial charge in [0.1, 0.15) is 6.23 Å². The Hall–Kier alpha value is -2.38. The maximum Gasteiger partial charge on any atom is 0.335 e. The number of rotatable bonds is 18. The number of allylic oxidation sites excluding steroid dienone is 2. The first-order valence-corrected chi connectivity index (χ1v) is 10.9. The first-order chi connectivity index (χ1) is 14.7. The number of ether oxygens (including phenoxy) is 1. The number of carbonyl (C=O) groups excluding carboxylic acids is 1. The molecule has 0 aliphatic carbocycles. The zero-order valence-electron chi connectivity index (χ0n) is 19.7. The SMILES string of the molecule is C=C(CC=CC(=C)C(=O)O)CNC(=O)CN(CCCCCC)C(C/C=C(\C)NC)OC. The molecule has 0 spiro atoms. The van der Waals surface area contributed by atoms with Crippen LogP contribution in [0.25, 0.3) is 0 Å². The van der Waals surface area contributed by atoms with E-state index in [9.17, 15) is 9.59 Å². The number of unbranched alkanes of at least 4 members (excludes halogenated alkanes) is 3. The number of methoxy groups -OCH3 is 1. The van der Waals surface area contributed by atoms with Crippen LogP contribution in [0.5, 0.6) is 0 Å². The standard InChI is InChI=1S/C24H41N3O4/c1-7-8-9-10-16-27(23(31-6)15-14-21(4)25-5)18-22(28)26-17-19(2)12-11-13-20(3)24(29)30/h11,13-14,23,25H,2-3,7-10,12,15-18H2,1,4-6H3,(H,26,28)(H,29,30)/b13-11?,21-14+. The van der Waals surface area contributed by atoms with E-state index in [1.807, 2.05) is 14.0 Å². The molecule has 0 aromatic rings. The summed E-state index contributed by atoms with van der Waals surface area (Å²) in [5.74, 6) is -1.14. The molecule has 0 fully saturated rings. The Balaban J connectivity index is 4.76. The normalized spacial score (nSPS) is 12.7. The summed E-state index contributed by atoms with van der Waals surface area (Å²) in [4.78, 5) is 25.4. The van der Waals surface area contributed by atoms with Crippen molar-refractivity contribution in [2.24, 2.45) is 0 Å². The highest BCUT2D eigenvalue weighted by Crippen LogP contribution is 2.11. The van der Waals surface area contributed by atoms with E-state index >= 15 is 0 Å². The molecule has 0 saturated carbocycles. The van der Waals surface area contributed by atoms with Crippen molar-refractivity contribution >= 4 is 11.9 Å². The van der Waals surface area contributed by atoms with Crippen LogP contribution in [0, 0.1) is 0 Å². The maximum atomic E-state index is 12.5. The summed E-state index contributed by atoms with van der Waals surface area (Å²) in [6, 6.07) is 0. The van der Waals surface area contributed by atoms with Crippen molar-refractivity contribution in [3.63, 3.8) is 0 Å². The minimum Gasteiger partial charge on any atom is -0.478 e. The third-order valence-corrected chi connectivity index (χ3v) is 4.88. The van der Waals surface area contributed by atoms with E-state index in [1.54, 1.807) is 13.2 Å². The average molecular weight is 436 g/mol. The Kier molecular flexibility index (Phi) is 16.0. The van der Waals surface area contributed by atoms with Crippen LogP contribution in [0.2, 0.25) is 0 Å². The van der Waals surface area contributed by atoms with Crippen molar-refractivity contribution in [2.45, 2.75) is 58.6 Å². The lowest BCUT2D eigenvalue weighted by Crippen LogP contribution is -2.44. The fraction of sp³-hybridized carbons (Fsp3) is 0.583. The summed E-state index contributed by atoms with van der Waals surface area (Å²) in [6.45, 7) is 12.9. The number of hydrogen-bond donors (Lipinski definition) is 3. The Labute approximate surface area is 187 Å². The summed E-state index contributed by atoms with van der Waals surface area (Å²) < 4.78 is 5.68. The van der Waals surface area contributed by atoms with Crippen LogP contribution in [-0.2, 0) is 14.3 Å². The minimum atomic E-state index is -1.05. The number of aliphatic carboxylic acids is 1. The quantitative estimate of drug-likeness (QED) is 0.100. The fourth-order valence-corrected chi connectivity index (χ4v) is 2.82. The van der Waals surface area contributed by atoms with Gasteiger partial charge in [0.25, 0.3) is 0 Å². The number of carboxylic acids is 1. The van der Waals surface area contributed by atoms with Gasteiger partial charge in [-0.05, 0) is 19.8 Å². The zero-order chi connectivity index (χ0) is 23.6. The highest BCUT2D eigenvalue weighted by molar-refractivity contribution is 5.88. The molecule has 0 saturated heterocycles. The molecule has 0 aliphatic heterocycles. The highest BCUT2D eigenvalue weighted by atomic mass is 16.5. The number of hydrogen-bond acceptors (Lipinski definition) is 5. The smallest absolute Gasteiger partial charge is 0.335 e. The van der Waals surface area contributed by atoms with Gasteiger partial charge in [-0.25, -0.2) is 4.79 Å². The van der Waals surface area contributed by atoms with Crippen LogP contribution in [0.3, 0.4) is 0 Å². The van der Waals surface area contributed by atoms with Crippen molar-refractivity contribution in [3.8, 4) is 0 Å². The van der Waals surface area contributed by atoms with Gasteiger partial charge < -0.3 is 20.5 Å². The van der Waals surface area contributed by atoms with Crippen LogP contribution in [0.4, 0.5) is 0 Å². The number of amides is 1. The van der Waals surface area contributed by atoms with Crippen LogP contribution in [-0.4, -0.2) is 61.9 Å². The summed E-state index contributed by atoms with van der Waals surface area (Å²) in [6.07, 6.45) is 10.7. The molecule has 0 aromatic carbocycles. The van der Waals surface area contributed by atoms with E-state index in [4.69, 9.17) is 9.84 Å². The van der Waals surface area contributed by atoms with Gasteiger partial charge in [0, 0.05) is 39.4 Å². The van der Waals surface area contributed by atoms with E-state index < -0.39 is 5.97 Å². The number of carbonyl (C=O) groups is 2. The molecule has 0 aliphatic rings. The third-order valence-electron chi connectivity index (χ3n) is 4.88. The highest BCUT2D eigenvalue weighted by Gasteiger charge is 2.19. The predicted octanol–water partition coefficient (Wildman–Crippen LogP) is 3.61. The predicted molar refractivity (Wildman–Crippen MR) is 127 cm³/mol. The molecule has 1 amide bonds. The molecule has 176 valence electrons. The summed E-state index contributed by atoms with van der Waals surface area (Å²) in [5.41, 5.74) is 1.87. The molecule has 7 nitrogen and oxygen atoms in total. The lowest BCUT2D eigenvalue weighted by atomic mass is 10.1. The molecular formula is C24H41N3O4. The van der Waals surface area contributed by atoms with Gasteiger partial charge in [-0.15, -0.1) is 0 Å². The number of carboxylic acid groups (broad SMARTS) is 1. The number of nitrogens with one attached hydrogen (secondary N) is 2. The molecule has 0 rings (SSSR count). The van der Waals surface area contributed by atoms with Gasteiger partial charge in [0.05, 0.1) is 12.1 Å². The van der Waals surface area contributed by atoms with Crippen LogP contribution in [0.15, 0.2) is 48.2 Å². The second kappa shape index (κ2) is 17.3. The molecule has 1 atom stereocenters. The van der Waals surface area contributed by atoms with Crippen molar-refractivity contribution in [1.82, 2.24) is 15.5 Å². The molecule has 1 unspecified atom stereocenters. The van der Waals surface area contributed by atoms with Crippen molar-refractivity contribution in [3.05, 3.63) is 48.2 Å². The van der Waals surface area contributed by atoms with Crippen LogP contribution >= 0.6 is 0 Å². The third kappa shape index (κ3) is 14.3.